The summed E-state index contributed by atoms with van der Waals surface area (Å²) in [5.74, 6) is 1.05. The van der Waals surface area contributed by atoms with E-state index in [1.807, 2.05) is 9.47 Å². The van der Waals surface area contributed by atoms with Gasteiger partial charge < -0.3 is 4.90 Å². The van der Waals surface area contributed by atoms with Crippen LogP contribution in [0.25, 0.3) is 0 Å². The molecule has 1 aromatic heterocycles. The fourth-order valence-corrected chi connectivity index (χ4v) is 4.53. The zero-order valence-electron chi connectivity index (χ0n) is 16.2. The fraction of sp³-hybridized carbons (Fsp3) is 0.524. The maximum Gasteiger partial charge on any atom is 0.345 e. The first-order valence-corrected chi connectivity index (χ1v) is 10.0. The van der Waals surface area contributed by atoms with E-state index in [-0.39, 0.29) is 23.6 Å². The van der Waals surface area contributed by atoms with Crippen LogP contribution in [0.4, 0.5) is 0 Å². The van der Waals surface area contributed by atoms with Gasteiger partial charge in [0.1, 0.15) is 5.82 Å². The van der Waals surface area contributed by atoms with Crippen molar-refractivity contribution >= 4 is 5.91 Å². The zero-order chi connectivity index (χ0) is 19.7. The number of aromatic nitrogens is 3. The van der Waals surface area contributed by atoms with Gasteiger partial charge in [0.05, 0.1) is 11.6 Å². The molecule has 1 amide bonds. The average Bonchev–Trinajstić information content (AvgIpc) is 3.36. The number of piperidine rings is 1. The lowest BCUT2D eigenvalue weighted by Crippen LogP contribution is -2.38. The third-order valence-electron chi connectivity index (χ3n) is 6.06. The van der Waals surface area contributed by atoms with Gasteiger partial charge in [0.2, 0.25) is 0 Å². The van der Waals surface area contributed by atoms with Crippen LogP contribution in [0.15, 0.2) is 29.1 Å². The number of rotatable bonds is 3. The highest BCUT2D eigenvalue weighted by Crippen LogP contribution is 2.33. The number of hydrogen-bond acceptors (Lipinski definition) is 4. The van der Waals surface area contributed by atoms with Crippen LogP contribution in [0.1, 0.15) is 72.2 Å². The molecular formula is C21H25N5O2. The molecule has 7 nitrogen and oxygen atoms in total. The van der Waals surface area contributed by atoms with Crippen molar-refractivity contribution in [1.29, 1.82) is 5.26 Å². The smallest absolute Gasteiger partial charge is 0.339 e. The normalized spacial score (nSPS) is 18.4. The van der Waals surface area contributed by atoms with Crippen molar-refractivity contribution in [3.8, 4) is 6.07 Å². The van der Waals surface area contributed by atoms with Crippen LogP contribution in [0.5, 0.6) is 0 Å². The molecule has 1 aliphatic heterocycles. The number of amides is 1. The summed E-state index contributed by atoms with van der Waals surface area (Å²) in [5.41, 5.74) is 1.03. The minimum absolute atomic E-state index is 0.0197. The van der Waals surface area contributed by atoms with Crippen molar-refractivity contribution in [2.75, 3.05) is 13.1 Å². The quantitative estimate of drug-likeness (QED) is 0.820. The minimum Gasteiger partial charge on any atom is -0.339 e. The lowest BCUT2D eigenvalue weighted by atomic mass is 9.95. The monoisotopic (exact) mass is 379 g/mol. The number of aryl methyl sites for hydroxylation is 1. The fourth-order valence-electron chi connectivity index (χ4n) is 4.53. The van der Waals surface area contributed by atoms with E-state index >= 15 is 0 Å². The summed E-state index contributed by atoms with van der Waals surface area (Å²) in [6.07, 6.45) is 6.02. The Hall–Kier alpha value is -2.88. The molecule has 2 fully saturated rings. The van der Waals surface area contributed by atoms with Crippen molar-refractivity contribution in [2.24, 2.45) is 7.05 Å². The van der Waals surface area contributed by atoms with E-state index in [2.05, 4.69) is 11.2 Å². The van der Waals surface area contributed by atoms with Gasteiger partial charge in [-0.15, -0.1) is 0 Å². The zero-order valence-corrected chi connectivity index (χ0v) is 16.2. The van der Waals surface area contributed by atoms with E-state index in [1.165, 1.54) is 17.5 Å². The Morgan fingerprint density at radius 2 is 1.89 bits per heavy atom. The summed E-state index contributed by atoms with van der Waals surface area (Å²) in [5, 5.41) is 13.6. The number of nitrogens with zero attached hydrogens (tertiary/aromatic N) is 5. The highest BCUT2D eigenvalue weighted by Gasteiger charge is 2.31. The molecule has 7 heteroatoms. The Morgan fingerprint density at radius 1 is 1.18 bits per heavy atom. The molecule has 1 saturated heterocycles. The van der Waals surface area contributed by atoms with Crippen molar-refractivity contribution in [1.82, 2.24) is 19.2 Å². The molecule has 28 heavy (non-hydrogen) atoms. The van der Waals surface area contributed by atoms with Gasteiger partial charge in [-0.3, -0.25) is 9.36 Å². The summed E-state index contributed by atoms with van der Waals surface area (Å²) in [7, 11) is 1.72. The highest BCUT2D eigenvalue weighted by atomic mass is 16.2. The van der Waals surface area contributed by atoms with Gasteiger partial charge in [0.15, 0.2) is 0 Å². The second kappa shape index (κ2) is 7.63. The maximum absolute atomic E-state index is 12.8. The summed E-state index contributed by atoms with van der Waals surface area (Å²) < 4.78 is 3.38. The van der Waals surface area contributed by atoms with E-state index in [9.17, 15) is 9.59 Å². The molecule has 0 unspecified atom stereocenters. The van der Waals surface area contributed by atoms with Gasteiger partial charge in [0, 0.05) is 37.7 Å². The molecule has 0 bridgehead atoms. The Morgan fingerprint density at radius 3 is 2.57 bits per heavy atom. The predicted octanol–water partition coefficient (Wildman–Crippen LogP) is 2.59. The van der Waals surface area contributed by atoms with Crippen molar-refractivity contribution in [3.63, 3.8) is 0 Å². The summed E-state index contributed by atoms with van der Waals surface area (Å²) in [6.45, 7) is 1.27. The number of likely N-dealkylation sites (tertiary alicyclic amines) is 1. The van der Waals surface area contributed by atoms with Crippen LogP contribution in [-0.2, 0) is 7.05 Å². The first-order valence-electron chi connectivity index (χ1n) is 10.0. The third kappa shape index (κ3) is 3.35. The van der Waals surface area contributed by atoms with Gasteiger partial charge >= 0.3 is 5.69 Å². The molecule has 2 aromatic rings. The average molecular weight is 379 g/mol. The summed E-state index contributed by atoms with van der Waals surface area (Å²) in [6, 6.07) is 9.19. The van der Waals surface area contributed by atoms with Crippen molar-refractivity contribution in [3.05, 3.63) is 51.7 Å². The van der Waals surface area contributed by atoms with Crippen LogP contribution in [0, 0.1) is 11.3 Å². The maximum atomic E-state index is 12.8. The van der Waals surface area contributed by atoms with Gasteiger partial charge in [0.25, 0.3) is 5.91 Å². The largest absolute Gasteiger partial charge is 0.345 e. The number of nitriles is 1. The molecule has 1 saturated carbocycles. The first-order chi connectivity index (χ1) is 13.6. The molecular weight excluding hydrogens is 354 g/mol. The van der Waals surface area contributed by atoms with E-state index in [0.717, 1.165) is 31.5 Å². The van der Waals surface area contributed by atoms with Crippen LogP contribution >= 0.6 is 0 Å². The van der Waals surface area contributed by atoms with Crippen molar-refractivity contribution < 1.29 is 4.79 Å². The summed E-state index contributed by atoms with van der Waals surface area (Å²) >= 11 is 0. The van der Waals surface area contributed by atoms with Gasteiger partial charge in [-0.05, 0) is 43.9 Å². The van der Waals surface area contributed by atoms with E-state index in [0.29, 0.717) is 24.2 Å². The third-order valence-corrected chi connectivity index (χ3v) is 6.06. The standard InChI is InChI=1S/C21H25N5O2/c1-24-21(28)26(18-7-2-3-8-18)19(23-24)16-9-11-25(12-10-16)20(27)17-6-4-5-15(13-17)14-22/h4-6,13,16,18H,2-3,7-12H2,1H3. The Balaban J connectivity index is 1.49. The Kier molecular flexibility index (Phi) is 5.03. The topological polar surface area (TPSA) is 83.9 Å². The molecule has 2 aliphatic rings. The predicted molar refractivity (Wildman–Crippen MR) is 104 cm³/mol. The van der Waals surface area contributed by atoms with Gasteiger partial charge in [-0.2, -0.15) is 10.4 Å². The van der Waals surface area contributed by atoms with E-state index in [1.54, 1.807) is 31.3 Å². The Labute approximate surface area is 164 Å². The van der Waals surface area contributed by atoms with Crippen LogP contribution in [-0.4, -0.2) is 38.2 Å². The lowest BCUT2D eigenvalue weighted by Gasteiger charge is -2.32. The molecule has 2 heterocycles. The molecule has 0 atom stereocenters. The van der Waals surface area contributed by atoms with Crippen LogP contribution in [0.3, 0.4) is 0 Å². The van der Waals surface area contributed by atoms with Crippen LogP contribution < -0.4 is 5.69 Å². The number of carbonyl (C=O) groups is 1. The van der Waals surface area contributed by atoms with Crippen LogP contribution in [0.2, 0.25) is 0 Å². The molecule has 1 aromatic carbocycles. The molecule has 0 spiro atoms. The molecule has 1 aliphatic carbocycles. The SMILES string of the molecule is Cn1nc(C2CCN(C(=O)c3cccc(C#N)c3)CC2)n(C2CCCC2)c1=O. The summed E-state index contributed by atoms with van der Waals surface area (Å²) in [4.78, 5) is 27.2. The number of carbonyl (C=O) groups excluding carboxylic acids is 1. The first kappa shape index (κ1) is 18.5. The molecule has 146 valence electrons. The number of hydrogen-bond donors (Lipinski definition) is 0. The highest BCUT2D eigenvalue weighted by molar-refractivity contribution is 5.94. The van der Waals surface area contributed by atoms with Gasteiger partial charge in [-0.25, -0.2) is 9.48 Å². The second-order valence-corrected chi connectivity index (χ2v) is 7.83. The molecule has 0 radical (unpaired) electrons. The lowest BCUT2D eigenvalue weighted by molar-refractivity contribution is 0.0709. The molecule has 4 rings (SSSR count). The second-order valence-electron chi connectivity index (χ2n) is 7.83. The van der Waals surface area contributed by atoms with Gasteiger partial charge in [-0.1, -0.05) is 18.9 Å². The minimum atomic E-state index is -0.0373. The van der Waals surface area contributed by atoms with Crippen molar-refractivity contribution in [2.45, 2.75) is 50.5 Å². The Bertz CT molecular complexity index is 969. The van der Waals surface area contributed by atoms with E-state index < -0.39 is 0 Å². The molecule has 0 N–H and O–H groups in total. The van der Waals surface area contributed by atoms with E-state index in [4.69, 9.17) is 5.26 Å². The number of benzene rings is 1.